The third-order valence-electron chi connectivity index (χ3n) is 3.55. The van der Waals surface area contributed by atoms with Crippen molar-refractivity contribution in [2.75, 3.05) is 27.4 Å². The number of para-hydroxylation sites is 1. The van der Waals surface area contributed by atoms with Crippen molar-refractivity contribution in [3.63, 3.8) is 0 Å². The predicted molar refractivity (Wildman–Crippen MR) is 86.3 cm³/mol. The molecule has 0 amide bonds. The second-order valence-electron chi connectivity index (χ2n) is 5.12. The molecular formula is C18H18O6. The first-order valence-corrected chi connectivity index (χ1v) is 7.51. The molecule has 1 aliphatic heterocycles. The summed E-state index contributed by atoms with van der Waals surface area (Å²) in [7, 11) is 3.01. The van der Waals surface area contributed by atoms with E-state index < -0.39 is 5.97 Å². The molecule has 2 aromatic rings. The van der Waals surface area contributed by atoms with E-state index in [1.54, 1.807) is 30.3 Å². The minimum absolute atomic E-state index is 0.0951. The van der Waals surface area contributed by atoms with Crippen LogP contribution in [0.4, 0.5) is 0 Å². The largest absolute Gasteiger partial charge is 0.493 e. The molecule has 1 heterocycles. The molecule has 0 bridgehead atoms. The highest BCUT2D eigenvalue weighted by Gasteiger charge is 2.17. The summed E-state index contributed by atoms with van der Waals surface area (Å²) < 4.78 is 26.9. The number of rotatable bonds is 5. The third kappa shape index (κ3) is 3.37. The van der Waals surface area contributed by atoms with Crippen molar-refractivity contribution in [3.05, 3.63) is 42.0 Å². The summed E-state index contributed by atoms with van der Waals surface area (Å²) in [5.41, 5.74) is 0.776. The van der Waals surface area contributed by atoms with Crippen molar-refractivity contribution in [2.45, 2.75) is 6.42 Å². The number of carbonyl (C=O) groups excluding carboxylic acids is 1. The van der Waals surface area contributed by atoms with Crippen LogP contribution in [-0.4, -0.2) is 33.4 Å². The van der Waals surface area contributed by atoms with Gasteiger partial charge in [-0.15, -0.1) is 0 Å². The summed E-state index contributed by atoms with van der Waals surface area (Å²) >= 11 is 0. The van der Waals surface area contributed by atoms with Crippen LogP contribution in [0.5, 0.6) is 28.7 Å². The molecule has 2 aromatic carbocycles. The molecule has 0 saturated heterocycles. The second-order valence-corrected chi connectivity index (χ2v) is 5.12. The molecule has 0 radical (unpaired) electrons. The van der Waals surface area contributed by atoms with E-state index in [2.05, 4.69) is 0 Å². The Morgan fingerprint density at radius 3 is 2.33 bits per heavy atom. The number of fused-ring (bicyclic) bond motifs is 1. The summed E-state index contributed by atoms with van der Waals surface area (Å²) in [6.45, 7) is 1.03. The zero-order valence-corrected chi connectivity index (χ0v) is 13.5. The summed E-state index contributed by atoms with van der Waals surface area (Å²) in [5.74, 6) is 2.04. The van der Waals surface area contributed by atoms with Gasteiger partial charge in [0.1, 0.15) is 13.2 Å². The van der Waals surface area contributed by atoms with Crippen LogP contribution in [0.2, 0.25) is 0 Å². The van der Waals surface area contributed by atoms with Gasteiger partial charge in [-0.05, 0) is 29.8 Å². The lowest BCUT2D eigenvalue weighted by atomic mass is 10.1. The number of hydrogen-bond acceptors (Lipinski definition) is 6. The molecule has 0 N–H and O–H groups in total. The highest BCUT2D eigenvalue weighted by Crippen LogP contribution is 2.37. The molecule has 0 spiro atoms. The molecule has 126 valence electrons. The third-order valence-corrected chi connectivity index (χ3v) is 3.55. The van der Waals surface area contributed by atoms with Crippen molar-refractivity contribution >= 4 is 5.97 Å². The Bertz CT molecular complexity index is 718. The van der Waals surface area contributed by atoms with Crippen molar-refractivity contribution in [1.29, 1.82) is 0 Å². The average molecular weight is 330 g/mol. The maximum atomic E-state index is 12.3. The van der Waals surface area contributed by atoms with Crippen LogP contribution in [0.3, 0.4) is 0 Å². The highest BCUT2D eigenvalue weighted by atomic mass is 16.6. The van der Waals surface area contributed by atoms with Crippen LogP contribution >= 0.6 is 0 Å². The Kier molecular flexibility index (Phi) is 4.74. The second kappa shape index (κ2) is 7.12. The van der Waals surface area contributed by atoms with E-state index in [-0.39, 0.29) is 12.2 Å². The van der Waals surface area contributed by atoms with Gasteiger partial charge >= 0.3 is 5.97 Å². The van der Waals surface area contributed by atoms with Crippen LogP contribution in [0, 0.1) is 0 Å². The minimum atomic E-state index is -0.422. The smallest absolute Gasteiger partial charge is 0.315 e. The van der Waals surface area contributed by atoms with Crippen molar-refractivity contribution in [3.8, 4) is 28.7 Å². The SMILES string of the molecule is COc1cccc(OC)c1OC(=O)Cc1ccc2c(c1)OCCO2. The van der Waals surface area contributed by atoms with Gasteiger partial charge in [-0.1, -0.05) is 12.1 Å². The first-order valence-electron chi connectivity index (χ1n) is 7.51. The normalized spacial score (nSPS) is 12.4. The molecular weight excluding hydrogens is 312 g/mol. The van der Waals surface area contributed by atoms with Crippen LogP contribution in [0.15, 0.2) is 36.4 Å². The first-order chi connectivity index (χ1) is 11.7. The summed E-state index contributed by atoms with van der Waals surface area (Å²) in [6, 6.07) is 10.6. The highest BCUT2D eigenvalue weighted by molar-refractivity contribution is 5.77. The van der Waals surface area contributed by atoms with Gasteiger partial charge in [-0.25, -0.2) is 0 Å². The fourth-order valence-electron chi connectivity index (χ4n) is 2.43. The van der Waals surface area contributed by atoms with Crippen molar-refractivity contribution in [2.24, 2.45) is 0 Å². The topological polar surface area (TPSA) is 63.2 Å². The van der Waals surface area contributed by atoms with Crippen LogP contribution < -0.4 is 23.7 Å². The molecule has 6 heteroatoms. The van der Waals surface area contributed by atoms with Crippen molar-refractivity contribution in [1.82, 2.24) is 0 Å². The van der Waals surface area contributed by atoms with E-state index in [9.17, 15) is 4.79 Å². The van der Waals surface area contributed by atoms with Gasteiger partial charge in [-0.2, -0.15) is 0 Å². The van der Waals surface area contributed by atoms with E-state index in [1.165, 1.54) is 14.2 Å². The van der Waals surface area contributed by atoms with Gasteiger partial charge in [0, 0.05) is 0 Å². The number of methoxy groups -OCH3 is 2. The number of esters is 1. The van der Waals surface area contributed by atoms with Gasteiger partial charge in [0.15, 0.2) is 23.0 Å². The van der Waals surface area contributed by atoms with E-state index in [4.69, 9.17) is 23.7 Å². The molecule has 6 nitrogen and oxygen atoms in total. The van der Waals surface area contributed by atoms with Crippen LogP contribution in [0.1, 0.15) is 5.56 Å². The first kappa shape index (κ1) is 16.0. The fraction of sp³-hybridized carbons (Fsp3) is 0.278. The van der Waals surface area contributed by atoms with Crippen molar-refractivity contribution < 1.29 is 28.5 Å². The minimum Gasteiger partial charge on any atom is -0.493 e. The lowest BCUT2D eigenvalue weighted by Gasteiger charge is -2.18. The van der Waals surface area contributed by atoms with E-state index in [1.807, 2.05) is 6.07 Å². The average Bonchev–Trinajstić information content (AvgIpc) is 2.61. The monoisotopic (exact) mass is 330 g/mol. The molecule has 0 atom stereocenters. The Labute approximate surface area is 139 Å². The maximum absolute atomic E-state index is 12.3. The van der Waals surface area contributed by atoms with Crippen LogP contribution in [0.25, 0.3) is 0 Å². The molecule has 1 aliphatic rings. The lowest BCUT2D eigenvalue weighted by molar-refractivity contribution is -0.133. The van der Waals surface area contributed by atoms with E-state index in [0.717, 1.165) is 5.56 Å². The lowest BCUT2D eigenvalue weighted by Crippen LogP contribution is -2.16. The molecule has 3 rings (SSSR count). The van der Waals surface area contributed by atoms with Gasteiger partial charge < -0.3 is 23.7 Å². The molecule has 0 saturated carbocycles. The van der Waals surface area contributed by atoms with Gasteiger partial charge in [0.25, 0.3) is 0 Å². The maximum Gasteiger partial charge on any atom is 0.315 e. The number of benzene rings is 2. The van der Waals surface area contributed by atoms with Crippen LogP contribution in [-0.2, 0) is 11.2 Å². The van der Waals surface area contributed by atoms with E-state index >= 15 is 0 Å². The number of hydrogen-bond donors (Lipinski definition) is 0. The Balaban J connectivity index is 1.74. The van der Waals surface area contributed by atoms with Gasteiger partial charge in [0.05, 0.1) is 20.6 Å². The fourth-order valence-corrected chi connectivity index (χ4v) is 2.43. The Morgan fingerprint density at radius 1 is 1.00 bits per heavy atom. The molecule has 24 heavy (non-hydrogen) atoms. The summed E-state index contributed by atoms with van der Waals surface area (Å²) in [5, 5.41) is 0. The molecule has 0 unspecified atom stereocenters. The molecule has 0 aromatic heterocycles. The van der Waals surface area contributed by atoms with Gasteiger partial charge in [0.2, 0.25) is 5.75 Å². The standard InChI is InChI=1S/C18H18O6/c1-20-14-4-3-5-15(21-2)18(14)24-17(19)11-12-6-7-13-16(10-12)23-9-8-22-13/h3-7,10H,8-9,11H2,1-2H3. The molecule has 0 aliphatic carbocycles. The summed E-state index contributed by atoms with van der Waals surface area (Å²) in [6.07, 6.45) is 0.0951. The molecule has 0 fully saturated rings. The summed E-state index contributed by atoms with van der Waals surface area (Å²) in [4.78, 5) is 12.3. The zero-order valence-electron chi connectivity index (χ0n) is 13.5. The quantitative estimate of drug-likeness (QED) is 0.620. The number of ether oxygens (including phenoxy) is 5. The number of carbonyl (C=O) groups is 1. The zero-order chi connectivity index (χ0) is 16.9. The predicted octanol–water partition coefficient (Wildman–Crippen LogP) is 2.62. The Hall–Kier alpha value is -2.89. The van der Waals surface area contributed by atoms with E-state index in [0.29, 0.717) is 36.2 Å². The van der Waals surface area contributed by atoms with Gasteiger partial charge in [-0.3, -0.25) is 4.79 Å². The Morgan fingerprint density at radius 2 is 1.67 bits per heavy atom.